The number of imidazole rings is 2. The normalized spacial score (nSPS) is 17.8. The number of aromatic nitrogens is 4. The van der Waals surface area contributed by atoms with Crippen LogP contribution in [-0.4, -0.2) is 9.13 Å². The highest BCUT2D eigenvalue weighted by molar-refractivity contribution is 5.78. The van der Waals surface area contributed by atoms with Crippen LogP contribution in [-0.2, 0) is 0 Å². The maximum absolute atomic E-state index is 2.60. The van der Waals surface area contributed by atoms with Crippen molar-refractivity contribution >= 4 is 22.1 Å². The van der Waals surface area contributed by atoms with Crippen LogP contribution < -0.4 is 9.13 Å². The Balaban J connectivity index is 1.44. The van der Waals surface area contributed by atoms with Crippen molar-refractivity contribution in [2.45, 2.75) is 51.6 Å². The van der Waals surface area contributed by atoms with Crippen molar-refractivity contribution in [3.63, 3.8) is 0 Å². The van der Waals surface area contributed by atoms with E-state index in [2.05, 4.69) is 142 Å². The van der Waals surface area contributed by atoms with E-state index in [1.807, 2.05) is 0 Å². The molecule has 4 heteroatoms. The first-order valence-electron chi connectivity index (χ1n) is 13.9. The van der Waals surface area contributed by atoms with Crippen LogP contribution >= 0.6 is 0 Å². The molecule has 0 radical (unpaired) electrons. The first kappa shape index (κ1) is 23.0. The molecule has 6 aromatic rings. The van der Waals surface area contributed by atoms with Crippen LogP contribution in [0.2, 0.25) is 0 Å². The smallest absolute Gasteiger partial charge is 0.222 e. The predicted octanol–water partition coefficient (Wildman–Crippen LogP) is 7.12. The van der Waals surface area contributed by atoms with Crippen molar-refractivity contribution in [3.05, 3.63) is 121 Å². The van der Waals surface area contributed by atoms with E-state index in [4.69, 9.17) is 0 Å². The van der Waals surface area contributed by atoms with Gasteiger partial charge in [0.15, 0.2) is 22.1 Å². The molecular weight excluding hydrogens is 464 g/mol. The fourth-order valence-corrected chi connectivity index (χ4v) is 6.67. The van der Waals surface area contributed by atoms with Crippen molar-refractivity contribution in [3.8, 4) is 11.4 Å². The number of hydrogen-bond acceptors (Lipinski definition) is 0. The van der Waals surface area contributed by atoms with Gasteiger partial charge in [-0.1, -0.05) is 60.7 Å². The molecule has 2 heterocycles. The van der Waals surface area contributed by atoms with Crippen molar-refractivity contribution in [1.29, 1.82) is 0 Å². The first-order valence-corrected chi connectivity index (χ1v) is 13.9. The quantitative estimate of drug-likeness (QED) is 0.230. The summed E-state index contributed by atoms with van der Waals surface area (Å²) in [6.07, 6.45) is 9.59. The lowest BCUT2D eigenvalue weighted by Crippen LogP contribution is -2.53. The van der Waals surface area contributed by atoms with E-state index in [1.165, 1.54) is 70.3 Å². The number of para-hydroxylation sites is 4. The topological polar surface area (TPSA) is 17.6 Å². The Labute approximate surface area is 224 Å². The zero-order chi connectivity index (χ0) is 25.6. The molecule has 0 N–H and O–H groups in total. The van der Waals surface area contributed by atoms with Gasteiger partial charge >= 0.3 is 0 Å². The van der Waals surface area contributed by atoms with Crippen LogP contribution in [0.1, 0.15) is 48.9 Å². The maximum atomic E-state index is 2.60. The van der Waals surface area contributed by atoms with Crippen molar-refractivity contribution in [1.82, 2.24) is 9.13 Å². The van der Waals surface area contributed by atoms with Gasteiger partial charge in [0.05, 0.1) is 0 Å². The van der Waals surface area contributed by atoms with Gasteiger partial charge in [0.2, 0.25) is 12.7 Å². The highest BCUT2D eigenvalue weighted by Gasteiger charge is 2.39. The highest BCUT2D eigenvalue weighted by atomic mass is 15.2. The average Bonchev–Trinajstić information content (AvgIpc) is 3.55. The van der Waals surface area contributed by atoms with Gasteiger partial charge in [-0.2, -0.15) is 9.13 Å². The molecule has 38 heavy (non-hydrogen) atoms. The molecule has 188 valence electrons. The molecule has 4 aromatic carbocycles. The van der Waals surface area contributed by atoms with E-state index in [9.17, 15) is 0 Å². The summed E-state index contributed by atoms with van der Waals surface area (Å²) in [7, 11) is 0. The maximum Gasteiger partial charge on any atom is 0.250 e. The number of fused-ring (bicyclic) bond motifs is 2. The van der Waals surface area contributed by atoms with Crippen LogP contribution in [0, 0.1) is 13.8 Å². The standard InChI is InChI=1S/C34H34N4/c1-25-13-11-21-31-33(25)37(23-35(31)27-15-5-3-6-16-27)29-19-9-10-20-30(29)38-24-36(28-17-7-4-8-18-28)32-22-12-14-26(2)34(32)38/h3-8,11-18,21-24,29-30H,9-10,19-20H2,1-2H3/q+2/t29-,30-/m1/s1. The number of rotatable bonds is 4. The molecule has 4 nitrogen and oxygen atoms in total. The summed E-state index contributed by atoms with van der Waals surface area (Å²) in [6.45, 7) is 4.51. The fourth-order valence-electron chi connectivity index (χ4n) is 6.67. The number of aryl methyl sites for hydroxylation is 2. The second kappa shape index (κ2) is 9.29. The van der Waals surface area contributed by atoms with Gasteiger partial charge in [-0.25, -0.2) is 9.13 Å². The molecule has 0 amide bonds. The summed E-state index contributed by atoms with van der Waals surface area (Å²) in [5.74, 6) is 0. The van der Waals surface area contributed by atoms with Crippen LogP contribution in [0.3, 0.4) is 0 Å². The lowest BCUT2D eigenvalue weighted by atomic mass is 9.89. The lowest BCUT2D eigenvalue weighted by Gasteiger charge is -2.27. The zero-order valence-corrected chi connectivity index (χ0v) is 22.2. The molecular formula is C34H34N4+2. The van der Waals surface area contributed by atoms with E-state index in [1.54, 1.807) is 0 Å². The number of benzene rings is 4. The second-order valence-electron chi connectivity index (χ2n) is 10.8. The molecule has 1 saturated carbocycles. The Bertz CT molecular complexity index is 1610. The number of hydrogen-bond donors (Lipinski definition) is 0. The van der Waals surface area contributed by atoms with E-state index in [0.717, 1.165) is 0 Å². The first-order chi connectivity index (χ1) is 18.7. The molecule has 0 saturated heterocycles. The van der Waals surface area contributed by atoms with Crippen molar-refractivity contribution < 1.29 is 9.13 Å². The molecule has 1 fully saturated rings. The van der Waals surface area contributed by atoms with Crippen LogP contribution in [0.4, 0.5) is 0 Å². The van der Waals surface area contributed by atoms with Gasteiger partial charge in [0.25, 0.3) is 0 Å². The van der Waals surface area contributed by atoms with E-state index >= 15 is 0 Å². The van der Waals surface area contributed by atoms with Gasteiger partial charge in [-0.15, -0.1) is 0 Å². The Morgan fingerprint density at radius 1 is 0.526 bits per heavy atom. The number of nitrogens with zero attached hydrogens (tertiary/aromatic N) is 4. The second-order valence-corrected chi connectivity index (χ2v) is 10.8. The van der Waals surface area contributed by atoms with Gasteiger partial charge in [0.1, 0.15) is 23.5 Å². The summed E-state index contributed by atoms with van der Waals surface area (Å²) in [6, 6.07) is 35.7. The van der Waals surface area contributed by atoms with E-state index < -0.39 is 0 Å². The van der Waals surface area contributed by atoms with E-state index in [0.29, 0.717) is 12.1 Å². The highest BCUT2D eigenvalue weighted by Crippen LogP contribution is 2.35. The third-order valence-electron chi connectivity index (χ3n) is 8.43. The minimum absolute atomic E-state index is 0.372. The van der Waals surface area contributed by atoms with Crippen molar-refractivity contribution in [2.24, 2.45) is 0 Å². The van der Waals surface area contributed by atoms with Gasteiger partial charge in [-0.05, 0) is 75.9 Å². The largest absolute Gasteiger partial charge is 0.250 e. The Morgan fingerprint density at radius 2 is 0.947 bits per heavy atom. The minimum atomic E-state index is 0.372. The molecule has 2 atom stereocenters. The summed E-state index contributed by atoms with van der Waals surface area (Å²) in [5, 5.41) is 0. The van der Waals surface area contributed by atoms with Gasteiger partial charge in [0, 0.05) is 11.1 Å². The van der Waals surface area contributed by atoms with Gasteiger partial charge in [-0.3, -0.25) is 0 Å². The molecule has 2 aromatic heterocycles. The predicted molar refractivity (Wildman–Crippen MR) is 153 cm³/mol. The van der Waals surface area contributed by atoms with Crippen LogP contribution in [0.5, 0.6) is 0 Å². The fraction of sp³-hybridized carbons (Fsp3) is 0.235. The average molecular weight is 499 g/mol. The molecule has 1 aliphatic rings. The summed E-state index contributed by atoms with van der Waals surface area (Å²) in [4.78, 5) is 0. The molecule has 1 aliphatic carbocycles. The third kappa shape index (κ3) is 3.66. The molecule has 0 aliphatic heterocycles. The summed E-state index contributed by atoms with van der Waals surface area (Å²) < 4.78 is 9.94. The Hall–Kier alpha value is -4.18. The third-order valence-corrected chi connectivity index (χ3v) is 8.43. The van der Waals surface area contributed by atoms with Crippen LogP contribution in [0.15, 0.2) is 110 Å². The lowest BCUT2D eigenvalue weighted by molar-refractivity contribution is -0.798. The molecule has 0 unspecified atom stereocenters. The summed E-state index contributed by atoms with van der Waals surface area (Å²) in [5.41, 5.74) is 10.3. The van der Waals surface area contributed by atoms with Crippen molar-refractivity contribution in [2.75, 3.05) is 0 Å². The minimum Gasteiger partial charge on any atom is -0.222 e. The Morgan fingerprint density at radius 3 is 1.37 bits per heavy atom. The van der Waals surface area contributed by atoms with Crippen LogP contribution in [0.25, 0.3) is 33.4 Å². The SMILES string of the molecule is Cc1cccc2c1[n+]([C@@H]1CCCC[C@H]1[n+]1cn(-c3ccccc3)c3cccc(C)c31)cn2-c1ccccc1. The molecule has 0 bridgehead atoms. The Kier molecular flexibility index (Phi) is 5.61. The molecule has 0 spiro atoms. The van der Waals surface area contributed by atoms with Gasteiger partial charge < -0.3 is 0 Å². The van der Waals surface area contributed by atoms with E-state index in [-0.39, 0.29) is 0 Å². The zero-order valence-electron chi connectivity index (χ0n) is 22.2. The monoisotopic (exact) mass is 498 g/mol. The summed E-state index contributed by atoms with van der Waals surface area (Å²) >= 11 is 0. The molecule has 7 rings (SSSR count).